The number of aromatic nitrogens is 1. The van der Waals surface area contributed by atoms with Gasteiger partial charge in [-0.1, -0.05) is 22.9 Å². The Labute approximate surface area is 104 Å². The van der Waals surface area contributed by atoms with Gasteiger partial charge < -0.3 is 14.7 Å². The zero-order chi connectivity index (χ0) is 11.5. The van der Waals surface area contributed by atoms with Gasteiger partial charge in [-0.2, -0.15) is 0 Å². The monoisotopic (exact) mass is 262 g/mol. The zero-order valence-corrected chi connectivity index (χ0v) is 10.7. The van der Waals surface area contributed by atoms with Crippen LogP contribution in [0, 0.1) is 0 Å². The molecule has 1 aromatic heterocycles. The van der Waals surface area contributed by atoms with E-state index in [0.717, 1.165) is 35.9 Å². The molecule has 1 unspecified atom stereocenters. The fraction of sp³-hybridized carbons (Fsp3) is 0.700. The van der Waals surface area contributed by atoms with Gasteiger partial charge in [-0.15, -0.1) is 0 Å². The van der Waals surface area contributed by atoms with Crippen LogP contribution in [0.2, 0.25) is 5.15 Å². The van der Waals surface area contributed by atoms with Gasteiger partial charge in [0.15, 0.2) is 5.13 Å². The molecule has 16 heavy (non-hydrogen) atoms. The molecule has 0 aromatic carbocycles. The van der Waals surface area contributed by atoms with Crippen LogP contribution in [0.1, 0.15) is 17.7 Å². The minimum Gasteiger partial charge on any atom is -0.391 e. The molecule has 0 radical (unpaired) electrons. The normalized spacial score (nSPS) is 21.4. The van der Waals surface area contributed by atoms with E-state index in [2.05, 4.69) is 9.88 Å². The maximum atomic E-state index is 9.07. The molecule has 0 bridgehead atoms. The molecule has 6 heteroatoms. The highest BCUT2D eigenvalue weighted by Gasteiger charge is 2.22. The molecule has 4 nitrogen and oxygen atoms in total. The summed E-state index contributed by atoms with van der Waals surface area (Å²) in [6.45, 7) is 1.79. The van der Waals surface area contributed by atoms with Gasteiger partial charge in [0.1, 0.15) is 5.15 Å². The molecule has 1 atom stereocenters. The Kier molecular flexibility index (Phi) is 4.02. The Morgan fingerprint density at radius 3 is 3.12 bits per heavy atom. The lowest BCUT2D eigenvalue weighted by Gasteiger charge is -2.31. The number of thiazole rings is 1. The van der Waals surface area contributed by atoms with Gasteiger partial charge in [0.05, 0.1) is 17.6 Å². The van der Waals surface area contributed by atoms with Crippen LogP contribution in [0.15, 0.2) is 0 Å². The van der Waals surface area contributed by atoms with Crippen molar-refractivity contribution in [3.8, 4) is 0 Å². The van der Waals surface area contributed by atoms with Gasteiger partial charge in [0.2, 0.25) is 0 Å². The number of methoxy groups -OCH3 is 1. The lowest BCUT2D eigenvalue weighted by Crippen LogP contribution is -2.39. The van der Waals surface area contributed by atoms with Crippen molar-refractivity contribution in [3.63, 3.8) is 0 Å². The van der Waals surface area contributed by atoms with Gasteiger partial charge in [0.25, 0.3) is 0 Å². The zero-order valence-electron chi connectivity index (χ0n) is 9.15. The number of hydrogen-bond acceptors (Lipinski definition) is 5. The van der Waals surface area contributed by atoms with Gasteiger partial charge in [0, 0.05) is 20.2 Å². The maximum Gasteiger partial charge on any atom is 0.187 e. The average Bonchev–Trinajstić information content (AvgIpc) is 2.71. The Morgan fingerprint density at radius 1 is 1.69 bits per heavy atom. The van der Waals surface area contributed by atoms with Crippen molar-refractivity contribution in [1.29, 1.82) is 0 Å². The third-order valence-electron chi connectivity index (χ3n) is 2.76. The van der Waals surface area contributed by atoms with Crippen LogP contribution in [0.5, 0.6) is 0 Å². The summed E-state index contributed by atoms with van der Waals surface area (Å²) in [4.78, 5) is 7.17. The number of anilines is 1. The van der Waals surface area contributed by atoms with Crippen molar-refractivity contribution in [3.05, 3.63) is 10.0 Å². The van der Waals surface area contributed by atoms with E-state index in [0.29, 0.717) is 5.15 Å². The third-order valence-corrected chi connectivity index (χ3v) is 4.29. The summed E-state index contributed by atoms with van der Waals surface area (Å²) in [5, 5.41) is 10.4. The first kappa shape index (κ1) is 12.1. The van der Waals surface area contributed by atoms with Crippen LogP contribution in [0.3, 0.4) is 0 Å². The first-order chi connectivity index (χ1) is 7.74. The van der Waals surface area contributed by atoms with Crippen LogP contribution < -0.4 is 4.90 Å². The van der Waals surface area contributed by atoms with Crippen LogP contribution >= 0.6 is 22.9 Å². The first-order valence-corrected chi connectivity index (χ1v) is 6.48. The summed E-state index contributed by atoms with van der Waals surface area (Å²) >= 11 is 7.37. The number of rotatable bonds is 3. The van der Waals surface area contributed by atoms with E-state index in [9.17, 15) is 0 Å². The molecule has 1 saturated heterocycles. The highest BCUT2D eigenvalue weighted by atomic mass is 35.5. The Morgan fingerprint density at radius 2 is 2.50 bits per heavy atom. The molecule has 1 fully saturated rings. The molecule has 1 aliphatic rings. The van der Waals surface area contributed by atoms with Crippen LogP contribution in [0.4, 0.5) is 5.13 Å². The molecule has 2 rings (SSSR count). The smallest absolute Gasteiger partial charge is 0.187 e. The van der Waals surface area contributed by atoms with E-state index in [1.54, 1.807) is 7.11 Å². The van der Waals surface area contributed by atoms with Crippen molar-refractivity contribution in [1.82, 2.24) is 4.98 Å². The number of piperidine rings is 1. The number of aliphatic hydroxyl groups is 1. The molecule has 0 amide bonds. The van der Waals surface area contributed by atoms with E-state index in [4.69, 9.17) is 21.4 Å². The molecule has 1 aromatic rings. The Hall–Kier alpha value is -0.360. The molecule has 2 heterocycles. The van der Waals surface area contributed by atoms with E-state index >= 15 is 0 Å². The third kappa shape index (κ3) is 2.48. The molecule has 1 aliphatic heterocycles. The number of ether oxygens (including phenoxy) is 1. The second-order valence-electron chi connectivity index (χ2n) is 3.81. The highest BCUT2D eigenvalue weighted by Crippen LogP contribution is 2.31. The standard InChI is InChI=1S/C10H15ClN2O2S/c1-15-7-3-2-4-13(5-7)10-12-9(11)8(6-14)16-10/h7,14H,2-6H2,1H3. The van der Waals surface area contributed by atoms with E-state index in [1.807, 2.05) is 0 Å². The van der Waals surface area contributed by atoms with Gasteiger partial charge >= 0.3 is 0 Å². The molecule has 0 spiro atoms. The lowest BCUT2D eigenvalue weighted by molar-refractivity contribution is 0.0893. The second-order valence-corrected chi connectivity index (χ2v) is 5.23. The number of hydrogen-bond donors (Lipinski definition) is 1. The Balaban J connectivity index is 2.10. The second kappa shape index (κ2) is 5.31. The molecular weight excluding hydrogens is 248 g/mol. The van der Waals surface area contributed by atoms with Crippen molar-refractivity contribution >= 4 is 28.1 Å². The predicted molar refractivity (Wildman–Crippen MR) is 65.3 cm³/mol. The molecule has 90 valence electrons. The summed E-state index contributed by atoms with van der Waals surface area (Å²) < 4.78 is 5.36. The fourth-order valence-electron chi connectivity index (χ4n) is 1.86. The number of halogens is 1. The summed E-state index contributed by atoms with van der Waals surface area (Å²) in [6.07, 6.45) is 2.47. The van der Waals surface area contributed by atoms with Crippen molar-refractivity contribution in [2.75, 3.05) is 25.1 Å². The Bertz CT molecular complexity index is 359. The average molecular weight is 263 g/mol. The van der Waals surface area contributed by atoms with Crippen LogP contribution in [-0.2, 0) is 11.3 Å². The number of nitrogens with zero attached hydrogens (tertiary/aromatic N) is 2. The van der Waals surface area contributed by atoms with Gasteiger partial charge in [-0.25, -0.2) is 4.98 Å². The fourth-order valence-corrected chi connectivity index (χ4v) is 3.01. The van der Waals surface area contributed by atoms with Crippen LogP contribution in [-0.4, -0.2) is 36.4 Å². The summed E-state index contributed by atoms with van der Waals surface area (Å²) in [7, 11) is 1.74. The maximum absolute atomic E-state index is 9.07. The molecule has 1 N–H and O–H groups in total. The summed E-state index contributed by atoms with van der Waals surface area (Å²) in [5.41, 5.74) is 0. The quantitative estimate of drug-likeness (QED) is 0.904. The molecular formula is C10H15ClN2O2S. The van der Waals surface area contributed by atoms with Crippen molar-refractivity contribution in [2.24, 2.45) is 0 Å². The lowest BCUT2D eigenvalue weighted by atomic mass is 10.1. The summed E-state index contributed by atoms with van der Waals surface area (Å²) in [5.74, 6) is 0. The predicted octanol–water partition coefficient (Wildman–Crippen LogP) is 1.90. The molecule has 0 aliphatic carbocycles. The van der Waals surface area contributed by atoms with E-state index in [1.165, 1.54) is 11.3 Å². The van der Waals surface area contributed by atoms with E-state index < -0.39 is 0 Å². The minimum absolute atomic E-state index is 0.0436. The first-order valence-electron chi connectivity index (χ1n) is 5.28. The largest absolute Gasteiger partial charge is 0.391 e. The SMILES string of the molecule is COC1CCCN(c2nc(Cl)c(CO)s2)C1. The van der Waals surface area contributed by atoms with Crippen molar-refractivity contribution in [2.45, 2.75) is 25.6 Å². The summed E-state index contributed by atoms with van der Waals surface area (Å²) in [6, 6.07) is 0. The minimum atomic E-state index is -0.0436. The van der Waals surface area contributed by atoms with Gasteiger partial charge in [-0.05, 0) is 12.8 Å². The van der Waals surface area contributed by atoms with Crippen LogP contribution in [0.25, 0.3) is 0 Å². The topological polar surface area (TPSA) is 45.6 Å². The van der Waals surface area contributed by atoms with Crippen molar-refractivity contribution < 1.29 is 9.84 Å². The highest BCUT2D eigenvalue weighted by molar-refractivity contribution is 7.16. The number of aliphatic hydroxyl groups excluding tert-OH is 1. The van der Waals surface area contributed by atoms with Gasteiger partial charge in [-0.3, -0.25) is 0 Å². The van der Waals surface area contributed by atoms with E-state index in [-0.39, 0.29) is 12.7 Å². The molecule has 0 saturated carbocycles.